The number of fused-ring (bicyclic) bond motifs is 2. The van der Waals surface area contributed by atoms with E-state index in [1.807, 2.05) is 24.3 Å². The summed E-state index contributed by atoms with van der Waals surface area (Å²) in [5.74, 6) is -0.358. The fraction of sp³-hybridized carbons (Fsp3) is 0.222. The zero-order chi connectivity index (χ0) is 26.3. The molecule has 1 aliphatic heterocycles. The molecule has 5 rings (SSSR count). The number of rotatable bonds is 5. The molecule has 0 bridgehead atoms. The van der Waals surface area contributed by atoms with Gasteiger partial charge in [-0.2, -0.15) is 4.72 Å². The lowest BCUT2D eigenvalue weighted by Crippen LogP contribution is -2.44. The summed E-state index contributed by atoms with van der Waals surface area (Å²) in [6.07, 6.45) is 0.683. The monoisotopic (exact) mass is 518 g/mol. The molecule has 9 nitrogen and oxygen atoms in total. The van der Waals surface area contributed by atoms with E-state index in [1.165, 1.54) is 42.4 Å². The lowest BCUT2D eigenvalue weighted by Gasteiger charge is -2.32. The van der Waals surface area contributed by atoms with Crippen molar-refractivity contribution in [2.45, 2.75) is 23.9 Å². The van der Waals surface area contributed by atoms with Gasteiger partial charge in [0.05, 0.1) is 15.8 Å². The Labute approximate surface area is 213 Å². The van der Waals surface area contributed by atoms with Crippen molar-refractivity contribution in [2.24, 2.45) is 14.1 Å². The zero-order valence-corrected chi connectivity index (χ0v) is 21.2. The minimum atomic E-state index is -4.23. The van der Waals surface area contributed by atoms with E-state index in [1.54, 1.807) is 35.2 Å². The molecule has 0 fully saturated rings. The maximum Gasteiger partial charge on any atom is 0.330 e. The third-order valence-electron chi connectivity index (χ3n) is 6.84. The lowest BCUT2D eigenvalue weighted by atomic mass is 9.98. The first-order valence-corrected chi connectivity index (χ1v) is 13.3. The van der Waals surface area contributed by atoms with Crippen LogP contribution in [0.5, 0.6) is 0 Å². The number of carbonyl (C=O) groups excluding carboxylic acids is 1. The largest absolute Gasteiger partial charge is 0.336 e. The molecule has 1 unspecified atom stereocenters. The molecule has 2 heterocycles. The normalized spacial score (nSPS) is 14.4. The van der Waals surface area contributed by atoms with E-state index in [0.29, 0.717) is 30.6 Å². The first-order valence-electron chi connectivity index (χ1n) is 11.8. The molecule has 190 valence electrons. The number of aromatic nitrogens is 2. The Kier molecular flexibility index (Phi) is 6.30. The molecule has 3 aromatic carbocycles. The van der Waals surface area contributed by atoms with Crippen LogP contribution in [0.4, 0.5) is 0 Å². The van der Waals surface area contributed by atoms with E-state index in [2.05, 4.69) is 4.72 Å². The standard InChI is InChI=1S/C27H26N4O5S/c1-29-23-13-12-21(16-22(23)25(32)30(2)27(29)34)37(35,36)28-24(19-9-4-3-5-10-19)26(33)31-15-14-18-8-6-7-11-20(18)17-31/h3-13,16,24,28H,14-15,17H2,1-2H3. The molecule has 0 saturated carbocycles. The highest BCUT2D eigenvalue weighted by Gasteiger charge is 2.32. The van der Waals surface area contributed by atoms with Gasteiger partial charge in [0.2, 0.25) is 15.9 Å². The SMILES string of the molecule is Cn1c(=O)c2cc(S(=O)(=O)NC(C(=O)N3CCc4ccccc4C3)c3ccccc3)ccc2n(C)c1=O. The summed E-state index contributed by atoms with van der Waals surface area (Å²) in [6, 6.07) is 19.4. The Morgan fingerprint density at radius 3 is 2.30 bits per heavy atom. The van der Waals surface area contributed by atoms with Crippen LogP contribution in [0.3, 0.4) is 0 Å². The Balaban J connectivity index is 1.52. The second-order valence-electron chi connectivity index (χ2n) is 9.13. The van der Waals surface area contributed by atoms with Crippen LogP contribution in [0, 0.1) is 0 Å². The summed E-state index contributed by atoms with van der Waals surface area (Å²) in [5.41, 5.74) is 1.92. The summed E-state index contributed by atoms with van der Waals surface area (Å²) in [5, 5.41) is 0.0858. The van der Waals surface area contributed by atoms with Gasteiger partial charge in [-0.1, -0.05) is 54.6 Å². The van der Waals surface area contributed by atoms with Crippen LogP contribution >= 0.6 is 0 Å². The number of benzene rings is 3. The molecule has 1 N–H and O–H groups in total. The summed E-state index contributed by atoms with van der Waals surface area (Å²) in [7, 11) is -1.38. The predicted octanol–water partition coefficient (Wildman–Crippen LogP) is 1.84. The van der Waals surface area contributed by atoms with Crippen LogP contribution in [0.1, 0.15) is 22.7 Å². The Bertz CT molecular complexity index is 1740. The summed E-state index contributed by atoms with van der Waals surface area (Å²) >= 11 is 0. The molecule has 1 aliphatic rings. The van der Waals surface area contributed by atoms with Gasteiger partial charge in [-0.25, -0.2) is 13.2 Å². The number of nitrogens with zero attached hydrogens (tertiary/aromatic N) is 3. The molecule has 10 heteroatoms. The van der Waals surface area contributed by atoms with Gasteiger partial charge >= 0.3 is 5.69 Å². The average Bonchev–Trinajstić information content (AvgIpc) is 2.93. The minimum absolute atomic E-state index is 0.0858. The number of nitrogens with one attached hydrogen (secondary N) is 1. The smallest absolute Gasteiger partial charge is 0.330 e. The first kappa shape index (κ1) is 24.7. The van der Waals surface area contributed by atoms with Gasteiger partial charge in [-0.3, -0.25) is 18.7 Å². The van der Waals surface area contributed by atoms with Crippen molar-refractivity contribution >= 4 is 26.8 Å². The van der Waals surface area contributed by atoms with Crippen LogP contribution in [-0.4, -0.2) is 34.9 Å². The van der Waals surface area contributed by atoms with E-state index in [9.17, 15) is 22.8 Å². The molecule has 0 spiro atoms. The maximum atomic E-state index is 13.7. The topological polar surface area (TPSA) is 110 Å². The first-order chi connectivity index (χ1) is 17.7. The number of hydrogen-bond acceptors (Lipinski definition) is 5. The minimum Gasteiger partial charge on any atom is -0.336 e. The van der Waals surface area contributed by atoms with Crippen molar-refractivity contribution in [3.05, 3.63) is 110 Å². The van der Waals surface area contributed by atoms with Crippen LogP contribution in [0.25, 0.3) is 10.9 Å². The zero-order valence-electron chi connectivity index (χ0n) is 20.4. The third-order valence-corrected chi connectivity index (χ3v) is 8.26. The molecular weight excluding hydrogens is 492 g/mol. The van der Waals surface area contributed by atoms with E-state index in [0.717, 1.165) is 10.1 Å². The number of aryl methyl sites for hydroxylation is 1. The number of sulfonamides is 1. The summed E-state index contributed by atoms with van der Waals surface area (Å²) < 4.78 is 31.9. The second-order valence-corrected chi connectivity index (χ2v) is 10.8. The van der Waals surface area contributed by atoms with E-state index in [4.69, 9.17) is 0 Å². The van der Waals surface area contributed by atoms with Crippen LogP contribution < -0.4 is 16.0 Å². The highest BCUT2D eigenvalue weighted by Crippen LogP contribution is 2.25. The van der Waals surface area contributed by atoms with Crippen molar-refractivity contribution in [2.75, 3.05) is 6.54 Å². The molecule has 0 saturated heterocycles. The van der Waals surface area contributed by atoms with E-state index < -0.39 is 27.3 Å². The molecule has 1 atom stereocenters. The van der Waals surface area contributed by atoms with Gasteiger partial charge in [0.15, 0.2) is 0 Å². The molecule has 0 radical (unpaired) electrons. The Morgan fingerprint density at radius 1 is 0.892 bits per heavy atom. The van der Waals surface area contributed by atoms with Gasteiger partial charge in [-0.15, -0.1) is 0 Å². The summed E-state index contributed by atoms with van der Waals surface area (Å²) in [6.45, 7) is 0.862. The molecular formula is C27H26N4O5S. The molecule has 1 amide bonds. The van der Waals surface area contributed by atoms with E-state index >= 15 is 0 Å². The van der Waals surface area contributed by atoms with Crippen molar-refractivity contribution in [1.29, 1.82) is 0 Å². The highest BCUT2D eigenvalue weighted by atomic mass is 32.2. The van der Waals surface area contributed by atoms with Crippen LogP contribution in [0.2, 0.25) is 0 Å². The van der Waals surface area contributed by atoms with E-state index in [-0.39, 0.29) is 16.2 Å². The molecule has 1 aromatic heterocycles. The lowest BCUT2D eigenvalue weighted by molar-refractivity contribution is -0.134. The quantitative estimate of drug-likeness (QED) is 0.434. The fourth-order valence-corrected chi connectivity index (χ4v) is 5.94. The van der Waals surface area contributed by atoms with Gasteiger partial charge < -0.3 is 4.90 Å². The number of carbonyl (C=O) groups is 1. The Hall–Kier alpha value is -4.02. The van der Waals surface area contributed by atoms with Crippen molar-refractivity contribution < 1.29 is 13.2 Å². The molecule has 37 heavy (non-hydrogen) atoms. The highest BCUT2D eigenvalue weighted by molar-refractivity contribution is 7.89. The number of amides is 1. The van der Waals surface area contributed by atoms with Crippen LogP contribution in [-0.2, 0) is 41.9 Å². The number of hydrogen-bond donors (Lipinski definition) is 1. The third kappa shape index (κ3) is 4.49. The maximum absolute atomic E-state index is 13.7. The predicted molar refractivity (Wildman–Crippen MR) is 139 cm³/mol. The summed E-state index contributed by atoms with van der Waals surface area (Å²) in [4.78, 5) is 40.2. The average molecular weight is 519 g/mol. The van der Waals surface area contributed by atoms with Gasteiger partial charge in [0, 0.05) is 27.2 Å². The Morgan fingerprint density at radius 2 is 1.57 bits per heavy atom. The van der Waals surface area contributed by atoms with Gasteiger partial charge in [0.25, 0.3) is 5.56 Å². The van der Waals surface area contributed by atoms with Crippen LogP contribution in [0.15, 0.2) is 87.3 Å². The van der Waals surface area contributed by atoms with Crippen molar-refractivity contribution in [3.8, 4) is 0 Å². The van der Waals surface area contributed by atoms with Gasteiger partial charge in [0.1, 0.15) is 6.04 Å². The second kappa shape index (κ2) is 9.45. The van der Waals surface area contributed by atoms with Crippen molar-refractivity contribution in [1.82, 2.24) is 18.8 Å². The van der Waals surface area contributed by atoms with Gasteiger partial charge in [-0.05, 0) is 41.3 Å². The molecule has 0 aliphatic carbocycles. The molecule has 4 aromatic rings. The fourth-order valence-electron chi connectivity index (χ4n) is 4.74. The van der Waals surface area contributed by atoms with Crippen molar-refractivity contribution in [3.63, 3.8) is 0 Å².